The Morgan fingerprint density at radius 1 is 1.03 bits per heavy atom. The van der Waals surface area contributed by atoms with E-state index in [0.717, 1.165) is 11.6 Å². The Labute approximate surface area is 202 Å². The molecule has 0 bridgehead atoms. The van der Waals surface area contributed by atoms with E-state index >= 15 is 0 Å². The van der Waals surface area contributed by atoms with Crippen LogP contribution in [0.3, 0.4) is 0 Å². The lowest BCUT2D eigenvalue weighted by Crippen LogP contribution is -2.16. The number of aromatic carboxylic acids is 1. The molecule has 0 radical (unpaired) electrons. The van der Waals surface area contributed by atoms with E-state index in [2.05, 4.69) is 5.32 Å². The molecular weight excluding hydrogens is 472 g/mol. The summed E-state index contributed by atoms with van der Waals surface area (Å²) in [7, 11) is -2.96. The van der Waals surface area contributed by atoms with Gasteiger partial charge in [-0.25, -0.2) is 4.79 Å². The molecule has 3 aromatic carbocycles. The first kappa shape index (κ1) is 25.0. The van der Waals surface area contributed by atoms with Crippen molar-refractivity contribution in [2.45, 2.75) is 11.8 Å². The smallest absolute Gasteiger partial charge is 0.339 e. The van der Waals surface area contributed by atoms with Gasteiger partial charge >= 0.3 is 16.1 Å². The highest BCUT2D eigenvalue weighted by molar-refractivity contribution is 7.87. The zero-order chi connectivity index (χ0) is 25.6. The zero-order valence-electron chi connectivity index (χ0n) is 18.7. The van der Waals surface area contributed by atoms with Crippen molar-refractivity contribution in [3.8, 4) is 17.6 Å². The summed E-state index contributed by atoms with van der Waals surface area (Å²) < 4.78 is 36.3. The average molecular weight is 493 g/mol. The normalized spacial score (nSPS) is 11.3. The monoisotopic (exact) mass is 492 g/mol. The molecule has 0 spiro atoms. The molecule has 1 amide bonds. The lowest BCUT2D eigenvalue weighted by Gasteiger charge is -2.14. The van der Waals surface area contributed by atoms with Gasteiger partial charge in [0.1, 0.15) is 16.5 Å². The number of methoxy groups -OCH3 is 1. The molecule has 0 atom stereocenters. The molecule has 35 heavy (non-hydrogen) atoms. The molecule has 0 saturated carbocycles. The molecular formula is C25H20N2O7S. The van der Waals surface area contributed by atoms with Gasteiger partial charge in [0.2, 0.25) is 0 Å². The van der Waals surface area contributed by atoms with Gasteiger partial charge in [-0.3, -0.25) is 4.79 Å². The third-order valence-corrected chi connectivity index (χ3v) is 6.04. The summed E-state index contributed by atoms with van der Waals surface area (Å²) in [5, 5.41) is 21.3. The van der Waals surface area contributed by atoms with Gasteiger partial charge in [0.05, 0.1) is 18.4 Å². The number of ether oxygens (including phenoxy) is 1. The summed E-state index contributed by atoms with van der Waals surface area (Å²) in [6, 6.07) is 17.9. The number of benzene rings is 3. The minimum atomic E-state index is -4.27. The number of hydrogen-bond acceptors (Lipinski definition) is 7. The molecule has 0 aromatic heterocycles. The first-order valence-electron chi connectivity index (χ1n) is 10.1. The Morgan fingerprint density at radius 2 is 1.71 bits per heavy atom. The van der Waals surface area contributed by atoms with Crippen LogP contribution in [0.5, 0.6) is 11.5 Å². The molecule has 2 N–H and O–H groups in total. The fraction of sp³-hybridized carbons (Fsp3) is 0.0800. The second-order valence-corrected chi connectivity index (χ2v) is 8.75. The Balaban J connectivity index is 2.00. The molecule has 0 saturated heterocycles. The number of rotatable bonds is 8. The van der Waals surface area contributed by atoms with Crippen molar-refractivity contribution in [1.29, 1.82) is 5.26 Å². The molecule has 10 heteroatoms. The molecule has 0 fully saturated rings. The SMILES string of the molecule is COc1cccc(/C=C(\C#N)C(=O)Nc2ccccc2C(=O)O)c1OS(=O)(=O)c1ccc(C)cc1. The molecule has 3 aromatic rings. The van der Waals surface area contributed by atoms with Crippen molar-refractivity contribution in [2.24, 2.45) is 0 Å². The van der Waals surface area contributed by atoms with E-state index in [9.17, 15) is 28.4 Å². The summed E-state index contributed by atoms with van der Waals surface area (Å²) in [6.45, 7) is 1.81. The van der Waals surface area contributed by atoms with Gasteiger partial charge in [-0.15, -0.1) is 0 Å². The van der Waals surface area contributed by atoms with Gasteiger partial charge in [-0.2, -0.15) is 13.7 Å². The third-order valence-electron chi connectivity index (χ3n) is 4.80. The van der Waals surface area contributed by atoms with E-state index in [-0.39, 0.29) is 33.2 Å². The second-order valence-electron chi connectivity index (χ2n) is 7.20. The number of nitrogens with zero attached hydrogens (tertiary/aromatic N) is 1. The van der Waals surface area contributed by atoms with Crippen LogP contribution >= 0.6 is 0 Å². The van der Waals surface area contributed by atoms with Crippen LogP contribution in [0.25, 0.3) is 6.08 Å². The quantitative estimate of drug-likeness (QED) is 0.273. The lowest BCUT2D eigenvalue weighted by atomic mass is 10.1. The largest absolute Gasteiger partial charge is 0.493 e. The Morgan fingerprint density at radius 3 is 2.34 bits per heavy atom. The highest BCUT2D eigenvalue weighted by atomic mass is 32.2. The number of nitrogens with one attached hydrogen (secondary N) is 1. The number of carbonyl (C=O) groups excluding carboxylic acids is 1. The van der Waals surface area contributed by atoms with Crippen LogP contribution in [0.15, 0.2) is 77.2 Å². The zero-order valence-corrected chi connectivity index (χ0v) is 19.5. The van der Waals surface area contributed by atoms with Gasteiger partial charge in [-0.1, -0.05) is 42.0 Å². The number of carboxylic acid groups (broad SMARTS) is 1. The van der Waals surface area contributed by atoms with Crippen LogP contribution in [0.2, 0.25) is 0 Å². The van der Waals surface area contributed by atoms with Crippen molar-refractivity contribution in [2.75, 3.05) is 12.4 Å². The number of carboxylic acids is 1. The topological polar surface area (TPSA) is 143 Å². The van der Waals surface area contributed by atoms with Crippen LogP contribution in [0.4, 0.5) is 5.69 Å². The minimum absolute atomic E-state index is 0.00443. The number of anilines is 1. The number of amides is 1. The maximum Gasteiger partial charge on any atom is 0.339 e. The van der Waals surface area contributed by atoms with Crippen molar-refractivity contribution in [3.63, 3.8) is 0 Å². The maximum absolute atomic E-state index is 12.9. The number of aryl methyl sites for hydroxylation is 1. The molecule has 3 rings (SSSR count). The standard InChI is InChI=1S/C25H20N2O7S/c1-16-10-12-19(13-11-16)35(31,32)34-23-17(6-5-9-22(23)33-2)14-18(15-26)24(28)27-21-8-4-3-7-20(21)25(29)30/h3-14H,1-2H3,(H,27,28)(H,29,30)/b18-14+. The van der Waals surface area contributed by atoms with Crippen molar-refractivity contribution in [3.05, 3.63) is 89.0 Å². The van der Waals surface area contributed by atoms with E-state index in [0.29, 0.717) is 0 Å². The van der Waals surface area contributed by atoms with Crippen molar-refractivity contribution in [1.82, 2.24) is 0 Å². The van der Waals surface area contributed by atoms with Gasteiger partial charge in [0, 0.05) is 5.56 Å². The first-order valence-corrected chi connectivity index (χ1v) is 11.5. The Bertz CT molecular complexity index is 1450. The van der Waals surface area contributed by atoms with Crippen LogP contribution < -0.4 is 14.2 Å². The molecule has 0 aliphatic heterocycles. The second kappa shape index (κ2) is 10.5. The van der Waals surface area contributed by atoms with Crippen molar-refractivity contribution < 1.29 is 32.0 Å². The van der Waals surface area contributed by atoms with E-state index < -0.39 is 27.6 Å². The Kier molecular flexibility index (Phi) is 7.53. The molecule has 0 aliphatic rings. The Hall–Kier alpha value is -4.62. The van der Waals surface area contributed by atoms with E-state index in [1.807, 2.05) is 6.92 Å². The molecule has 178 valence electrons. The molecule has 0 aliphatic carbocycles. The van der Waals surface area contributed by atoms with Crippen molar-refractivity contribution >= 4 is 33.8 Å². The first-order chi connectivity index (χ1) is 16.7. The number of nitriles is 1. The minimum Gasteiger partial charge on any atom is -0.493 e. The van der Waals surface area contributed by atoms with Crippen LogP contribution in [0, 0.1) is 18.3 Å². The summed E-state index contributed by atoms with van der Waals surface area (Å²) in [6.07, 6.45) is 1.13. The highest BCUT2D eigenvalue weighted by Crippen LogP contribution is 2.35. The lowest BCUT2D eigenvalue weighted by molar-refractivity contribution is -0.112. The van der Waals surface area contributed by atoms with Crippen LogP contribution in [-0.2, 0) is 14.9 Å². The van der Waals surface area contributed by atoms with E-state index in [1.54, 1.807) is 18.2 Å². The predicted octanol–water partition coefficient (Wildman–Crippen LogP) is 4.02. The average Bonchev–Trinajstić information content (AvgIpc) is 2.83. The fourth-order valence-corrected chi connectivity index (χ4v) is 3.99. The third kappa shape index (κ3) is 5.85. The van der Waals surface area contributed by atoms with Gasteiger partial charge in [0.25, 0.3) is 5.91 Å². The molecule has 9 nitrogen and oxygen atoms in total. The van der Waals surface area contributed by atoms with Gasteiger partial charge in [0.15, 0.2) is 11.5 Å². The predicted molar refractivity (Wildman–Crippen MR) is 128 cm³/mol. The summed E-state index contributed by atoms with van der Waals surface area (Å²) >= 11 is 0. The summed E-state index contributed by atoms with van der Waals surface area (Å²) in [4.78, 5) is 24.1. The molecule has 0 unspecified atom stereocenters. The van der Waals surface area contributed by atoms with E-state index in [4.69, 9.17) is 8.92 Å². The summed E-state index contributed by atoms with van der Waals surface area (Å²) in [5.41, 5.74) is 0.358. The molecule has 0 heterocycles. The fourth-order valence-electron chi connectivity index (χ4n) is 3.03. The summed E-state index contributed by atoms with van der Waals surface area (Å²) in [5.74, 6) is -2.31. The van der Waals surface area contributed by atoms with Crippen LogP contribution in [0.1, 0.15) is 21.5 Å². The van der Waals surface area contributed by atoms with Crippen LogP contribution in [-0.4, -0.2) is 32.5 Å². The maximum atomic E-state index is 12.9. The van der Waals surface area contributed by atoms with Gasteiger partial charge < -0.3 is 19.3 Å². The van der Waals surface area contributed by atoms with E-state index in [1.165, 1.54) is 61.7 Å². The number of hydrogen-bond donors (Lipinski definition) is 2. The highest BCUT2D eigenvalue weighted by Gasteiger charge is 2.22. The number of carbonyl (C=O) groups is 2. The number of para-hydroxylation sites is 2. The van der Waals surface area contributed by atoms with Gasteiger partial charge in [-0.05, 0) is 43.3 Å².